The van der Waals surface area contributed by atoms with Crippen LogP contribution in [0, 0.1) is 5.82 Å². The summed E-state index contributed by atoms with van der Waals surface area (Å²) in [6, 6.07) is 16.1. The SMILES string of the molecule is COc1cccc(F)c1CNc1ccc(-c2ccc(OCCO)cc2)c2nncn12. The number of anilines is 1. The number of hydrogen-bond donors (Lipinski definition) is 2. The third kappa shape index (κ3) is 3.90. The van der Waals surface area contributed by atoms with Gasteiger partial charge in [-0.15, -0.1) is 10.2 Å². The summed E-state index contributed by atoms with van der Waals surface area (Å²) in [5.41, 5.74) is 2.97. The normalized spacial score (nSPS) is 10.9. The van der Waals surface area contributed by atoms with Crippen LogP contribution in [-0.4, -0.2) is 40.0 Å². The second-order valence-electron chi connectivity index (χ2n) is 6.53. The van der Waals surface area contributed by atoms with E-state index < -0.39 is 0 Å². The summed E-state index contributed by atoms with van der Waals surface area (Å²) in [7, 11) is 1.52. The lowest BCUT2D eigenvalue weighted by Crippen LogP contribution is -2.07. The van der Waals surface area contributed by atoms with E-state index in [0.717, 1.165) is 16.9 Å². The zero-order valence-corrected chi connectivity index (χ0v) is 16.4. The van der Waals surface area contributed by atoms with E-state index in [9.17, 15) is 4.39 Å². The molecule has 4 aromatic rings. The molecule has 0 saturated carbocycles. The van der Waals surface area contributed by atoms with Crippen molar-refractivity contribution in [1.82, 2.24) is 14.6 Å². The molecule has 2 heterocycles. The maximum absolute atomic E-state index is 14.2. The molecule has 0 aliphatic rings. The first kappa shape index (κ1) is 19.7. The highest BCUT2D eigenvalue weighted by molar-refractivity contribution is 5.79. The molecule has 4 rings (SSSR count). The van der Waals surface area contributed by atoms with Gasteiger partial charge in [0.1, 0.15) is 36.1 Å². The number of nitrogens with one attached hydrogen (secondary N) is 1. The average Bonchev–Trinajstić information content (AvgIpc) is 3.27. The van der Waals surface area contributed by atoms with Gasteiger partial charge in [-0.1, -0.05) is 18.2 Å². The molecule has 2 N–H and O–H groups in total. The molecule has 30 heavy (non-hydrogen) atoms. The van der Waals surface area contributed by atoms with Gasteiger partial charge < -0.3 is 19.9 Å². The number of fused-ring (bicyclic) bond motifs is 1. The van der Waals surface area contributed by atoms with Crippen molar-refractivity contribution in [2.75, 3.05) is 25.6 Å². The van der Waals surface area contributed by atoms with Crippen LogP contribution < -0.4 is 14.8 Å². The smallest absolute Gasteiger partial charge is 0.170 e. The van der Waals surface area contributed by atoms with E-state index in [-0.39, 0.29) is 25.6 Å². The van der Waals surface area contributed by atoms with Crippen LogP contribution in [0.5, 0.6) is 11.5 Å². The molecule has 0 spiro atoms. The van der Waals surface area contributed by atoms with Gasteiger partial charge in [0, 0.05) is 17.7 Å². The second kappa shape index (κ2) is 8.79. The molecular formula is C22H21FN4O3. The number of halogens is 1. The third-order valence-corrected chi connectivity index (χ3v) is 4.72. The summed E-state index contributed by atoms with van der Waals surface area (Å²) in [5, 5.41) is 20.4. The summed E-state index contributed by atoms with van der Waals surface area (Å²) in [6.07, 6.45) is 1.61. The highest BCUT2D eigenvalue weighted by Crippen LogP contribution is 2.28. The Labute approximate surface area is 172 Å². The lowest BCUT2D eigenvalue weighted by Gasteiger charge is -2.14. The zero-order valence-electron chi connectivity index (χ0n) is 16.4. The Morgan fingerprint density at radius 3 is 2.70 bits per heavy atom. The Morgan fingerprint density at radius 2 is 1.93 bits per heavy atom. The van der Waals surface area contributed by atoms with Gasteiger partial charge in [0.25, 0.3) is 0 Å². The molecule has 8 heteroatoms. The number of nitrogens with zero attached hydrogens (tertiary/aromatic N) is 3. The Balaban J connectivity index is 1.60. The Kier molecular flexibility index (Phi) is 5.76. The van der Waals surface area contributed by atoms with Crippen molar-refractivity contribution in [1.29, 1.82) is 0 Å². The average molecular weight is 408 g/mol. The van der Waals surface area contributed by atoms with Crippen LogP contribution in [0.2, 0.25) is 0 Å². The molecule has 0 bridgehead atoms. The number of benzene rings is 2. The van der Waals surface area contributed by atoms with Crippen molar-refractivity contribution in [2.45, 2.75) is 6.54 Å². The van der Waals surface area contributed by atoms with E-state index >= 15 is 0 Å². The van der Waals surface area contributed by atoms with E-state index in [1.165, 1.54) is 13.2 Å². The minimum atomic E-state index is -0.332. The highest BCUT2D eigenvalue weighted by atomic mass is 19.1. The third-order valence-electron chi connectivity index (χ3n) is 4.72. The zero-order chi connectivity index (χ0) is 20.9. The topological polar surface area (TPSA) is 80.9 Å². The summed E-state index contributed by atoms with van der Waals surface area (Å²) < 4.78 is 26.7. The molecule has 0 fully saturated rings. The summed E-state index contributed by atoms with van der Waals surface area (Å²) in [4.78, 5) is 0. The molecule has 0 aliphatic carbocycles. The maximum atomic E-state index is 14.2. The van der Waals surface area contributed by atoms with Gasteiger partial charge in [-0.3, -0.25) is 4.40 Å². The van der Waals surface area contributed by atoms with Crippen LogP contribution >= 0.6 is 0 Å². The molecule has 2 aromatic heterocycles. The van der Waals surface area contributed by atoms with Crippen molar-refractivity contribution in [3.63, 3.8) is 0 Å². The maximum Gasteiger partial charge on any atom is 0.170 e. The van der Waals surface area contributed by atoms with E-state index in [1.54, 1.807) is 18.5 Å². The van der Waals surface area contributed by atoms with Gasteiger partial charge in [-0.05, 0) is 42.0 Å². The lowest BCUT2D eigenvalue weighted by atomic mass is 10.1. The summed E-state index contributed by atoms with van der Waals surface area (Å²) >= 11 is 0. The largest absolute Gasteiger partial charge is 0.496 e. The van der Waals surface area contributed by atoms with Crippen LogP contribution in [0.25, 0.3) is 16.8 Å². The Bertz CT molecular complexity index is 1150. The molecule has 7 nitrogen and oxygen atoms in total. The van der Waals surface area contributed by atoms with Gasteiger partial charge in [0.15, 0.2) is 5.65 Å². The van der Waals surface area contributed by atoms with Gasteiger partial charge in [-0.25, -0.2) is 4.39 Å². The van der Waals surface area contributed by atoms with Crippen molar-refractivity contribution >= 4 is 11.5 Å². The van der Waals surface area contributed by atoms with Crippen LogP contribution in [-0.2, 0) is 6.54 Å². The number of methoxy groups -OCH3 is 1. The number of aromatic nitrogens is 3. The standard InChI is InChI=1S/C22H21FN4O3/c1-29-20-4-2-3-19(23)18(20)13-24-21-10-9-17(22-26-25-14-27(21)22)15-5-7-16(8-6-15)30-12-11-28/h2-10,14,24,28H,11-13H2,1H3. The number of hydrogen-bond acceptors (Lipinski definition) is 6. The Morgan fingerprint density at radius 1 is 1.10 bits per heavy atom. The molecule has 0 saturated heterocycles. The fraction of sp³-hybridized carbons (Fsp3) is 0.182. The molecule has 154 valence electrons. The second-order valence-corrected chi connectivity index (χ2v) is 6.53. The van der Waals surface area contributed by atoms with Crippen LogP contribution in [0.3, 0.4) is 0 Å². The van der Waals surface area contributed by atoms with Gasteiger partial charge in [0.05, 0.1) is 13.7 Å². The minimum absolute atomic E-state index is 0.0324. The quantitative estimate of drug-likeness (QED) is 0.464. The molecule has 2 aromatic carbocycles. The van der Waals surface area contributed by atoms with Crippen molar-refractivity contribution < 1.29 is 19.0 Å². The van der Waals surface area contributed by atoms with Crippen molar-refractivity contribution in [3.8, 4) is 22.6 Å². The first-order chi connectivity index (χ1) is 14.7. The number of aliphatic hydroxyl groups excluding tert-OH is 1. The highest BCUT2D eigenvalue weighted by Gasteiger charge is 2.13. The molecule has 0 aliphatic heterocycles. The van der Waals surface area contributed by atoms with E-state index in [2.05, 4.69) is 15.5 Å². The molecule has 0 amide bonds. The first-order valence-electron chi connectivity index (χ1n) is 9.43. The number of aliphatic hydroxyl groups is 1. The monoisotopic (exact) mass is 408 g/mol. The van der Waals surface area contributed by atoms with E-state index in [4.69, 9.17) is 14.6 Å². The molecule has 0 radical (unpaired) electrons. The predicted octanol–water partition coefficient (Wildman–Crippen LogP) is 3.53. The van der Waals surface area contributed by atoms with E-state index in [1.807, 2.05) is 40.8 Å². The minimum Gasteiger partial charge on any atom is -0.496 e. The van der Waals surface area contributed by atoms with Gasteiger partial charge in [0.2, 0.25) is 0 Å². The summed E-state index contributed by atoms with van der Waals surface area (Å²) in [6.45, 7) is 0.468. The van der Waals surface area contributed by atoms with E-state index in [0.29, 0.717) is 22.7 Å². The molecule has 0 atom stereocenters. The van der Waals surface area contributed by atoms with Gasteiger partial charge >= 0.3 is 0 Å². The first-order valence-corrected chi connectivity index (χ1v) is 9.43. The number of ether oxygens (including phenoxy) is 2. The molecule has 0 unspecified atom stereocenters. The van der Waals surface area contributed by atoms with Gasteiger partial charge in [-0.2, -0.15) is 0 Å². The summed E-state index contributed by atoms with van der Waals surface area (Å²) in [5.74, 6) is 1.57. The predicted molar refractivity (Wildman–Crippen MR) is 111 cm³/mol. The lowest BCUT2D eigenvalue weighted by molar-refractivity contribution is 0.201. The number of rotatable bonds is 8. The molecular weight excluding hydrogens is 387 g/mol. The van der Waals surface area contributed by atoms with Crippen molar-refractivity contribution in [2.24, 2.45) is 0 Å². The van der Waals surface area contributed by atoms with Crippen LogP contribution in [0.15, 0.2) is 60.9 Å². The van der Waals surface area contributed by atoms with Crippen LogP contribution in [0.4, 0.5) is 10.2 Å². The van der Waals surface area contributed by atoms with Crippen LogP contribution in [0.1, 0.15) is 5.56 Å². The number of pyridine rings is 1. The fourth-order valence-electron chi connectivity index (χ4n) is 3.26. The van der Waals surface area contributed by atoms with Crippen molar-refractivity contribution in [3.05, 3.63) is 72.3 Å². The fourth-order valence-corrected chi connectivity index (χ4v) is 3.26. The Hall–Kier alpha value is -3.65.